The Morgan fingerprint density at radius 2 is 1.00 bits per heavy atom. The minimum Gasteiger partial charge on any atom is -0.311 e. The van der Waals surface area contributed by atoms with Gasteiger partial charge in [0.05, 0.1) is 16.0 Å². The van der Waals surface area contributed by atoms with E-state index >= 15 is 17.6 Å². The van der Waals surface area contributed by atoms with Crippen LogP contribution in [0.1, 0.15) is 22.6 Å². The van der Waals surface area contributed by atoms with E-state index in [1.54, 1.807) is 12.1 Å². The molecule has 15 heteroatoms. The molecule has 0 unspecified atom stereocenters. The Bertz CT molecular complexity index is 2270. The summed E-state index contributed by atoms with van der Waals surface area (Å²) in [5, 5.41) is 12.3. The molecular formula is C33H15F8N5O2. The second-order valence-corrected chi connectivity index (χ2v) is 10.6. The zero-order chi connectivity index (χ0) is 34.0. The Morgan fingerprint density at radius 1 is 0.583 bits per heavy atom. The molecule has 0 N–H and O–H groups in total. The lowest BCUT2D eigenvalue weighted by Crippen LogP contribution is -2.09. The maximum atomic E-state index is 15.1. The van der Waals surface area contributed by atoms with Crippen molar-refractivity contribution in [2.75, 3.05) is 0 Å². The molecule has 0 spiro atoms. The molecule has 0 aliphatic rings. The van der Waals surface area contributed by atoms with Gasteiger partial charge in [0.1, 0.15) is 11.4 Å². The maximum absolute atomic E-state index is 15.1. The average Bonchev–Trinajstić information content (AvgIpc) is 3.63. The van der Waals surface area contributed by atoms with Crippen LogP contribution in [0.4, 0.5) is 40.8 Å². The summed E-state index contributed by atoms with van der Waals surface area (Å²) in [5.41, 5.74) is -2.04. The van der Waals surface area contributed by atoms with Gasteiger partial charge >= 0.3 is 0 Å². The number of nitro benzene ring substituents is 1. The number of para-hydroxylation sites is 2. The Labute approximate surface area is 263 Å². The zero-order valence-electron chi connectivity index (χ0n) is 23.7. The molecule has 48 heavy (non-hydrogen) atoms. The van der Waals surface area contributed by atoms with Gasteiger partial charge < -0.3 is 9.13 Å². The van der Waals surface area contributed by atoms with Crippen LogP contribution in [-0.2, 0) is 0 Å². The van der Waals surface area contributed by atoms with E-state index in [2.05, 4.69) is 9.97 Å². The van der Waals surface area contributed by atoms with Crippen molar-refractivity contribution < 1.29 is 40.0 Å². The summed E-state index contributed by atoms with van der Waals surface area (Å²) in [5.74, 6) is -16.1. The highest BCUT2D eigenvalue weighted by molar-refractivity contribution is 5.91. The van der Waals surface area contributed by atoms with Crippen molar-refractivity contribution in [3.63, 3.8) is 0 Å². The second kappa shape index (κ2) is 11.3. The van der Waals surface area contributed by atoms with Gasteiger partial charge in [-0.2, -0.15) is 45.1 Å². The van der Waals surface area contributed by atoms with E-state index in [1.807, 2.05) is 0 Å². The molecule has 0 saturated heterocycles. The second-order valence-electron chi connectivity index (χ2n) is 10.6. The van der Waals surface area contributed by atoms with Gasteiger partial charge in [0.25, 0.3) is 29.5 Å². The number of non-ortho nitro benzene ring substituents is 1. The molecule has 0 aliphatic heterocycles. The molecule has 0 amide bonds. The molecule has 7 nitrogen and oxygen atoms in total. The molecule has 0 radical (unpaired) electrons. The maximum Gasteiger partial charge on any atom is 0.269 e. The van der Waals surface area contributed by atoms with Crippen LogP contribution in [0.25, 0.3) is 33.2 Å². The summed E-state index contributed by atoms with van der Waals surface area (Å²) in [7, 11) is 0. The van der Waals surface area contributed by atoms with Crippen molar-refractivity contribution in [3.05, 3.63) is 159 Å². The minimum absolute atomic E-state index is 0.0461. The van der Waals surface area contributed by atoms with Gasteiger partial charge in [-0.05, 0) is 28.8 Å². The quantitative estimate of drug-likeness (QED) is 0.0772. The SMILES string of the molecule is O=[N+]([O-])c1cccc(C(c2cn(-c3c(F)c(F)nc(F)c3F)c3ccccc23)c2cn(-c3c(F)c(F)nc(F)c3F)c3ccccc23)c1. The summed E-state index contributed by atoms with van der Waals surface area (Å²) in [6.07, 6.45) is 2.32. The molecule has 3 aromatic carbocycles. The molecule has 0 bridgehead atoms. The highest BCUT2D eigenvalue weighted by atomic mass is 19.2. The van der Waals surface area contributed by atoms with Crippen LogP contribution in [0, 0.1) is 57.2 Å². The first-order valence-electron chi connectivity index (χ1n) is 13.8. The Kier molecular flexibility index (Phi) is 7.18. The number of hydrogen-bond acceptors (Lipinski definition) is 4. The van der Waals surface area contributed by atoms with Crippen molar-refractivity contribution >= 4 is 27.5 Å². The standard InChI is InChI=1S/C33H15F8N5O2/c34-24-28(25(35)31(39)42-30(24)38)44-13-19(17-8-1-3-10-21(17)44)23(15-6-5-7-16(12-15)46(47)48)20-14-45(22-11-4-2-9-18(20)22)29-26(36)32(40)43-33(41)27(29)37/h1-14,23H. The van der Waals surface area contributed by atoms with Crippen LogP contribution < -0.4 is 0 Å². The summed E-state index contributed by atoms with van der Waals surface area (Å²) in [6.45, 7) is 0. The zero-order valence-corrected chi connectivity index (χ0v) is 23.7. The van der Waals surface area contributed by atoms with Gasteiger partial charge in [-0.25, -0.2) is 0 Å². The number of benzene rings is 3. The number of pyridine rings is 2. The van der Waals surface area contributed by atoms with Gasteiger partial charge in [0, 0.05) is 41.2 Å². The molecule has 0 fully saturated rings. The predicted molar refractivity (Wildman–Crippen MR) is 156 cm³/mol. The Hall–Kier alpha value is -6.12. The first kappa shape index (κ1) is 30.5. The van der Waals surface area contributed by atoms with Gasteiger partial charge in [0.2, 0.25) is 23.3 Å². The highest BCUT2D eigenvalue weighted by Gasteiger charge is 2.31. The normalized spacial score (nSPS) is 11.7. The summed E-state index contributed by atoms with van der Waals surface area (Å²) < 4.78 is 119. The smallest absolute Gasteiger partial charge is 0.269 e. The number of fused-ring (bicyclic) bond motifs is 2. The first-order chi connectivity index (χ1) is 23.0. The molecule has 7 aromatic rings. The van der Waals surface area contributed by atoms with Crippen LogP contribution in [0.2, 0.25) is 0 Å². The third-order valence-corrected chi connectivity index (χ3v) is 7.95. The third kappa shape index (κ3) is 4.65. The molecule has 240 valence electrons. The number of rotatable bonds is 6. The average molecular weight is 666 g/mol. The van der Waals surface area contributed by atoms with Crippen LogP contribution >= 0.6 is 0 Å². The van der Waals surface area contributed by atoms with Crippen molar-refractivity contribution in [2.45, 2.75) is 5.92 Å². The summed E-state index contributed by atoms with van der Waals surface area (Å²) in [6, 6.07) is 17.1. The predicted octanol–water partition coefficient (Wildman–Crippen LogP) is 8.57. The van der Waals surface area contributed by atoms with E-state index in [4.69, 9.17) is 0 Å². The van der Waals surface area contributed by atoms with Crippen LogP contribution in [-0.4, -0.2) is 24.0 Å². The van der Waals surface area contributed by atoms with Crippen LogP contribution in [0.5, 0.6) is 0 Å². The number of halogens is 8. The van der Waals surface area contributed by atoms with E-state index < -0.39 is 69.3 Å². The highest BCUT2D eigenvalue weighted by Crippen LogP contribution is 2.43. The lowest BCUT2D eigenvalue weighted by Gasteiger charge is -2.17. The molecule has 4 aromatic heterocycles. The molecule has 4 heterocycles. The number of nitro groups is 1. The Morgan fingerprint density at radius 3 is 1.42 bits per heavy atom. The van der Waals surface area contributed by atoms with E-state index in [-0.39, 0.29) is 44.2 Å². The minimum atomic E-state index is -1.91. The fourth-order valence-electron chi connectivity index (χ4n) is 5.96. The van der Waals surface area contributed by atoms with Crippen LogP contribution in [0.15, 0.2) is 85.2 Å². The molecule has 7 rings (SSSR count). The summed E-state index contributed by atoms with van der Waals surface area (Å²) >= 11 is 0. The fourth-order valence-corrected chi connectivity index (χ4v) is 5.96. The van der Waals surface area contributed by atoms with Gasteiger partial charge in [-0.15, -0.1) is 0 Å². The Balaban J connectivity index is 1.60. The topological polar surface area (TPSA) is 78.8 Å². The number of hydrogen-bond donors (Lipinski definition) is 0. The number of nitrogens with zero attached hydrogens (tertiary/aromatic N) is 5. The monoisotopic (exact) mass is 665 g/mol. The molecule has 0 aliphatic carbocycles. The van der Waals surface area contributed by atoms with Crippen molar-refractivity contribution in [1.82, 2.24) is 19.1 Å². The summed E-state index contributed by atoms with van der Waals surface area (Å²) in [4.78, 5) is 16.4. The fraction of sp³-hybridized carbons (Fsp3) is 0.0303. The van der Waals surface area contributed by atoms with Crippen LogP contribution in [0.3, 0.4) is 0 Å². The van der Waals surface area contributed by atoms with E-state index in [1.165, 1.54) is 60.7 Å². The molecular weight excluding hydrogens is 650 g/mol. The van der Waals surface area contributed by atoms with E-state index in [9.17, 15) is 27.7 Å². The first-order valence-corrected chi connectivity index (χ1v) is 13.8. The third-order valence-electron chi connectivity index (χ3n) is 7.95. The van der Waals surface area contributed by atoms with E-state index in [0.29, 0.717) is 0 Å². The lowest BCUT2D eigenvalue weighted by atomic mass is 9.84. The van der Waals surface area contributed by atoms with Crippen molar-refractivity contribution in [1.29, 1.82) is 0 Å². The molecule has 0 atom stereocenters. The van der Waals surface area contributed by atoms with Crippen molar-refractivity contribution in [2.24, 2.45) is 0 Å². The molecule has 0 saturated carbocycles. The van der Waals surface area contributed by atoms with Gasteiger partial charge in [-0.3, -0.25) is 10.1 Å². The largest absolute Gasteiger partial charge is 0.311 e. The van der Waals surface area contributed by atoms with Crippen molar-refractivity contribution in [3.8, 4) is 11.4 Å². The number of aromatic nitrogens is 4. The van der Waals surface area contributed by atoms with Gasteiger partial charge in [-0.1, -0.05) is 48.5 Å². The lowest BCUT2D eigenvalue weighted by molar-refractivity contribution is -0.384. The van der Waals surface area contributed by atoms with Gasteiger partial charge in [0.15, 0.2) is 0 Å². The van der Waals surface area contributed by atoms with E-state index in [0.717, 1.165) is 21.5 Å².